The van der Waals surface area contributed by atoms with Gasteiger partial charge in [0.05, 0.1) is 10.8 Å². The molecule has 0 fully saturated rings. The summed E-state index contributed by atoms with van der Waals surface area (Å²) in [5.41, 5.74) is -0.0447. The Kier molecular flexibility index (Phi) is 3.93. The molecule has 0 spiro atoms. The molecule has 21 heavy (non-hydrogen) atoms. The molecule has 0 N–H and O–H groups in total. The average Bonchev–Trinajstić information content (AvgIpc) is 2.91. The summed E-state index contributed by atoms with van der Waals surface area (Å²) in [5, 5.41) is 10.7. The molecule has 0 amide bonds. The van der Waals surface area contributed by atoms with Gasteiger partial charge >= 0.3 is 0 Å². The summed E-state index contributed by atoms with van der Waals surface area (Å²) in [5.74, 6) is -1.65. The number of ketones is 2. The monoisotopic (exact) mass is 287 g/mol. The van der Waals surface area contributed by atoms with E-state index in [1.54, 1.807) is 13.2 Å². The number of carbonyl (C=O) groups is 2. The highest BCUT2D eigenvalue weighted by atomic mass is 16.6. The molecule has 0 saturated heterocycles. The number of hydrogen-bond donors (Lipinski definition) is 0. The summed E-state index contributed by atoms with van der Waals surface area (Å²) >= 11 is 0. The quantitative estimate of drug-likeness (QED) is 0.363. The maximum atomic E-state index is 12.3. The van der Waals surface area contributed by atoms with Crippen LogP contribution in [0.25, 0.3) is 0 Å². The van der Waals surface area contributed by atoms with E-state index in [-0.39, 0.29) is 17.1 Å². The number of nitro groups is 1. The fourth-order valence-electron chi connectivity index (χ4n) is 1.94. The highest BCUT2D eigenvalue weighted by molar-refractivity contribution is 6.14. The number of nitrogens with zero attached hydrogens (tertiary/aromatic N) is 3. The maximum Gasteiger partial charge on any atom is 0.270 e. The Balaban J connectivity index is 2.27. The van der Waals surface area contributed by atoms with Gasteiger partial charge < -0.3 is 4.57 Å². The lowest BCUT2D eigenvalue weighted by Gasteiger charge is -2.09. The predicted molar refractivity (Wildman–Crippen MR) is 74.1 cm³/mol. The Morgan fingerprint density at radius 1 is 1.33 bits per heavy atom. The molecule has 0 saturated carbocycles. The molecule has 0 radical (unpaired) electrons. The van der Waals surface area contributed by atoms with Gasteiger partial charge in [0, 0.05) is 37.1 Å². The Hall–Kier alpha value is -2.83. The molecule has 0 aliphatic heterocycles. The van der Waals surface area contributed by atoms with Crippen molar-refractivity contribution in [2.75, 3.05) is 0 Å². The van der Waals surface area contributed by atoms with E-state index in [0.29, 0.717) is 0 Å². The van der Waals surface area contributed by atoms with Crippen LogP contribution < -0.4 is 0 Å². The Morgan fingerprint density at radius 3 is 2.62 bits per heavy atom. The first kappa shape index (κ1) is 14.6. The normalized spacial score (nSPS) is 11.9. The number of rotatable bonds is 5. The summed E-state index contributed by atoms with van der Waals surface area (Å²) in [4.78, 5) is 38.6. The van der Waals surface area contributed by atoms with Crippen molar-refractivity contribution in [2.45, 2.75) is 6.92 Å². The lowest BCUT2D eigenvalue weighted by Crippen LogP contribution is -2.24. The third-order valence-electron chi connectivity index (χ3n) is 3.17. The molecule has 1 aromatic heterocycles. The van der Waals surface area contributed by atoms with E-state index >= 15 is 0 Å². The van der Waals surface area contributed by atoms with Gasteiger partial charge in [0.2, 0.25) is 5.78 Å². The molecule has 2 rings (SSSR count). The molecule has 7 nitrogen and oxygen atoms in total. The van der Waals surface area contributed by atoms with Crippen LogP contribution in [0.3, 0.4) is 0 Å². The van der Waals surface area contributed by atoms with E-state index in [0.717, 1.165) is 0 Å². The average molecular weight is 287 g/mol. The first-order valence-corrected chi connectivity index (χ1v) is 6.22. The molecule has 0 bridgehead atoms. The first-order valence-electron chi connectivity index (χ1n) is 6.22. The number of hydrogen-bond acceptors (Lipinski definition) is 5. The Morgan fingerprint density at radius 2 is 2.05 bits per heavy atom. The van der Waals surface area contributed by atoms with Crippen LogP contribution in [-0.2, 0) is 7.05 Å². The smallest absolute Gasteiger partial charge is 0.270 e. The topological polar surface area (TPSA) is 95.1 Å². The van der Waals surface area contributed by atoms with Gasteiger partial charge in [-0.3, -0.25) is 19.7 Å². The number of non-ortho nitro benzene ring substituents is 1. The van der Waals surface area contributed by atoms with Crippen molar-refractivity contribution in [3.8, 4) is 0 Å². The number of aromatic nitrogens is 2. The van der Waals surface area contributed by atoms with Gasteiger partial charge in [-0.25, -0.2) is 4.98 Å². The standard InChI is InChI=1S/C14H13N3O4/c1-9(13(19)14-15-6-7-16(14)2)12(18)10-4-3-5-11(8-10)17(20)21/h3-9H,1-2H3. The van der Waals surface area contributed by atoms with Crippen LogP contribution in [0.1, 0.15) is 27.9 Å². The second-order valence-electron chi connectivity index (χ2n) is 4.62. The third kappa shape index (κ3) is 2.86. The van der Waals surface area contributed by atoms with Crippen molar-refractivity contribution < 1.29 is 14.5 Å². The summed E-state index contributed by atoms with van der Waals surface area (Å²) in [6, 6.07) is 5.34. The zero-order valence-corrected chi connectivity index (χ0v) is 11.5. The Bertz CT molecular complexity index is 721. The lowest BCUT2D eigenvalue weighted by molar-refractivity contribution is -0.384. The van der Waals surface area contributed by atoms with Crippen LogP contribution in [0.4, 0.5) is 5.69 Å². The lowest BCUT2D eigenvalue weighted by atomic mass is 9.95. The molecular formula is C14H13N3O4. The van der Waals surface area contributed by atoms with E-state index in [1.807, 2.05) is 0 Å². The van der Waals surface area contributed by atoms with E-state index in [4.69, 9.17) is 0 Å². The second kappa shape index (κ2) is 5.66. The van der Waals surface area contributed by atoms with Crippen molar-refractivity contribution in [1.82, 2.24) is 9.55 Å². The molecule has 1 heterocycles. The minimum absolute atomic E-state index is 0.138. The summed E-state index contributed by atoms with van der Waals surface area (Å²) in [6.45, 7) is 1.47. The Labute approximate surface area is 120 Å². The van der Waals surface area contributed by atoms with Crippen molar-refractivity contribution in [1.29, 1.82) is 0 Å². The maximum absolute atomic E-state index is 12.3. The van der Waals surface area contributed by atoms with Gasteiger partial charge in [0.15, 0.2) is 11.6 Å². The number of nitro benzene ring substituents is 1. The highest BCUT2D eigenvalue weighted by Gasteiger charge is 2.27. The molecule has 1 unspecified atom stereocenters. The summed E-state index contributed by atoms with van der Waals surface area (Å²) in [7, 11) is 1.66. The van der Waals surface area contributed by atoms with Crippen LogP contribution in [0, 0.1) is 16.0 Å². The molecular weight excluding hydrogens is 274 g/mol. The zero-order chi connectivity index (χ0) is 15.6. The third-order valence-corrected chi connectivity index (χ3v) is 3.17. The number of aryl methyl sites for hydroxylation is 1. The van der Waals surface area contributed by atoms with Crippen molar-refractivity contribution in [2.24, 2.45) is 13.0 Å². The van der Waals surface area contributed by atoms with Crippen molar-refractivity contribution >= 4 is 17.3 Å². The fourth-order valence-corrected chi connectivity index (χ4v) is 1.94. The van der Waals surface area contributed by atoms with Crippen LogP contribution in [0.5, 0.6) is 0 Å². The van der Waals surface area contributed by atoms with Crippen molar-refractivity contribution in [3.05, 3.63) is 58.2 Å². The highest BCUT2D eigenvalue weighted by Crippen LogP contribution is 2.18. The predicted octanol–water partition coefficient (Wildman–Crippen LogP) is 2.03. The summed E-state index contributed by atoms with van der Waals surface area (Å²) < 4.78 is 1.53. The first-order chi connectivity index (χ1) is 9.91. The molecule has 7 heteroatoms. The van der Waals surface area contributed by atoms with Crippen LogP contribution >= 0.6 is 0 Å². The SMILES string of the molecule is CC(C(=O)c1cccc([N+](=O)[O-])c1)C(=O)c1nccn1C. The largest absolute Gasteiger partial charge is 0.332 e. The van der Waals surface area contributed by atoms with E-state index < -0.39 is 22.4 Å². The molecule has 2 aromatic rings. The van der Waals surface area contributed by atoms with Gasteiger partial charge in [-0.05, 0) is 6.92 Å². The van der Waals surface area contributed by atoms with E-state index in [9.17, 15) is 19.7 Å². The van der Waals surface area contributed by atoms with Crippen molar-refractivity contribution in [3.63, 3.8) is 0 Å². The summed E-state index contributed by atoms with van der Waals surface area (Å²) in [6.07, 6.45) is 3.08. The number of benzene rings is 1. The molecule has 1 aromatic carbocycles. The van der Waals surface area contributed by atoms with E-state index in [2.05, 4.69) is 4.98 Å². The van der Waals surface area contributed by atoms with Gasteiger partial charge in [0.25, 0.3) is 5.69 Å². The van der Waals surface area contributed by atoms with Gasteiger partial charge in [-0.2, -0.15) is 0 Å². The molecule has 108 valence electrons. The number of carbonyl (C=O) groups excluding carboxylic acids is 2. The zero-order valence-electron chi connectivity index (χ0n) is 11.5. The van der Waals surface area contributed by atoms with Gasteiger partial charge in [-0.15, -0.1) is 0 Å². The van der Waals surface area contributed by atoms with Crippen LogP contribution in [-0.4, -0.2) is 26.0 Å². The fraction of sp³-hybridized carbons (Fsp3) is 0.214. The van der Waals surface area contributed by atoms with Crippen LogP contribution in [0.15, 0.2) is 36.7 Å². The van der Waals surface area contributed by atoms with Crippen LogP contribution in [0.2, 0.25) is 0 Å². The molecule has 0 aliphatic rings. The molecule has 1 atom stereocenters. The van der Waals surface area contributed by atoms with E-state index in [1.165, 1.54) is 42.0 Å². The second-order valence-corrected chi connectivity index (χ2v) is 4.62. The minimum Gasteiger partial charge on any atom is -0.332 e. The number of Topliss-reactive ketones (excluding diaryl/α,β-unsaturated/α-hetero) is 2. The van der Waals surface area contributed by atoms with Gasteiger partial charge in [0.1, 0.15) is 0 Å². The minimum atomic E-state index is -0.951. The molecule has 0 aliphatic carbocycles. The number of imidazole rings is 1. The van der Waals surface area contributed by atoms with Gasteiger partial charge in [-0.1, -0.05) is 12.1 Å².